The average Bonchev–Trinajstić information content (AvgIpc) is 2.53. The fourth-order valence-electron chi connectivity index (χ4n) is 2.65. The summed E-state index contributed by atoms with van der Waals surface area (Å²) in [7, 11) is -2.09. The average molecular weight is 313 g/mol. The molecule has 2 rings (SSSR count). The number of methoxy groups -OCH3 is 1. The Balaban J connectivity index is 1.97. The molecule has 0 radical (unpaired) electrons. The molecule has 0 spiro atoms. The van der Waals surface area contributed by atoms with Gasteiger partial charge >= 0.3 is 0 Å². The molecular formula is C15H23NO4S. The molecule has 0 amide bonds. The Morgan fingerprint density at radius 1 is 1.10 bits per heavy atom. The quantitative estimate of drug-likeness (QED) is 0.621. The van der Waals surface area contributed by atoms with Gasteiger partial charge < -0.3 is 4.74 Å². The van der Waals surface area contributed by atoms with Gasteiger partial charge in [-0.15, -0.1) is 0 Å². The number of sulfonamides is 1. The van der Waals surface area contributed by atoms with Crippen molar-refractivity contribution in [3.8, 4) is 0 Å². The Bertz CT molecular complexity index is 521. The summed E-state index contributed by atoms with van der Waals surface area (Å²) in [6.45, 7) is 0.513. The Hall–Kier alpha value is -0.950. The van der Waals surface area contributed by atoms with Gasteiger partial charge in [0.15, 0.2) is 0 Å². The van der Waals surface area contributed by atoms with Crippen molar-refractivity contribution in [2.75, 3.05) is 20.3 Å². The second-order valence-electron chi connectivity index (χ2n) is 5.33. The smallest absolute Gasteiger partial charge is 0.262 e. The lowest BCUT2D eigenvalue weighted by atomic mass is 9.84. The minimum Gasteiger partial charge on any atom is -0.382 e. The second kappa shape index (κ2) is 7.89. The van der Waals surface area contributed by atoms with Gasteiger partial charge in [0.05, 0.1) is 18.1 Å². The van der Waals surface area contributed by atoms with E-state index in [0.717, 1.165) is 0 Å². The van der Waals surface area contributed by atoms with E-state index in [4.69, 9.17) is 9.57 Å². The van der Waals surface area contributed by atoms with Crippen molar-refractivity contribution in [2.45, 2.75) is 42.9 Å². The van der Waals surface area contributed by atoms with Crippen LogP contribution in [0, 0.1) is 0 Å². The number of nitrogens with one attached hydrogen (secondary N) is 1. The molecule has 1 fully saturated rings. The van der Waals surface area contributed by atoms with Gasteiger partial charge in [-0.3, -0.25) is 4.84 Å². The highest BCUT2D eigenvalue weighted by atomic mass is 32.2. The Kier molecular flexibility index (Phi) is 6.17. The molecule has 1 N–H and O–H groups in total. The third-order valence-electron chi connectivity index (χ3n) is 3.83. The van der Waals surface area contributed by atoms with Crippen LogP contribution in [0.1, 0.15) is 43.6 Å². The predicted molar refractivity (Wildman–Crippen MR) is 80.4 cm³/mol. The van der Waals surface area contributed by atoms with Crippen LogP contribution < -0.4 is 4.89 Å². The van der Waals surface area contributed by atoms with Crippen molar-refractivity contribution < 1.29 is 18.0 Å². The van der Waals surface area contributed by atoms with Gasteiger partial charge in [-0.25, -0.2) is 8.42 Å². The van der Waals surface area contributed by atoms with E-state index in [-0.39, 0.29) is 11.5 Å². The van der Waals surface area contributed by atoms with Crippen LogP contribution in [0.5, 0.6) is 0 Å². The van der Waals surface area contributed by atoms with Crippen molar-refractivity contribution in [1.29, 1.82) is 0 Å². The number of rotatable bonds is 7. The summed E-state index contributed by atoms with van der Waals surface area (Å²) in [4.78, 5) is 7.20. The summed E-state index contributed by atoms with van der Waals surface area (Å²) in [5.41, 5.74) is 1.23. The van der Waals surface area contributed by atoms with Crippen molar-refractivity contribution in [1.82, 2.24) is 4.89 Å². The maximum Gasteiger partial charge on any atom is 0.262 e. The molecule has 6 heteroatoms. The zero-order valence-corrected chi connectivity index (χ0v) is 13.2. The molecule has 0 aliphatic heterocycles. The lowest BCUT2D eigenvalue weighted by Gasteiger charge is -2.22. The van der Waals surface area contributed by atoms with Crippen LogP contribution in [0.4, 0.5) is 0 Å². The molecule has 0 unspecified atom stereocenters. The summed E-state index contributed by atoms with van der Waals surface area (Å²) in [6, 6.07) is 7.12. The minimum absolute atomic E-state index is 0.176. The summed E-state index contributed by atoms with van der Waals surface area (Å²) in [5, 5.41) is 0. The van der Waals surface area contributed by atoms with E-state index in [1.807, 2.05) is 12.1 Å². The van der Waals surface area contributed by atoms with E-state index in [1.54, 1.807) is 12.1 Å². The van der Waals surface area contributed by atoms with Crippen molar-refractivity contribution in [2.24, 2.45) is 0 Å². The fourth-order valence-corrected chi connectivity index (χ4v) is 3.48. The second-order valence-corrected chi connectivity index (χ2v) is 6.98. The molecule has 21 heavy (non-hydrogen) atoms. The van der Waals surface area contributed by atoms with Gasteiger partial charge in [-0.05, 0) is 36.5 Å². The highest BCUT2D eigenvalue weighted by Crippen LogP contribution is 2.32. The predicted octanol–water partition coefficient (Wildman–Crippen LogP) is 2.59. The van der Waals surface area contributed by atoms with E-state index in [2.05, 4.69) is 4.89 Å². The van der Waals surface area contributed by atoms with Gasteiger partial charge in [0.2, 0.25) is 0 Å². The Labute approximate surface area is 126 Å². The standard InChI is InChI=1S/C15H23NO4S/c1-19-11-12-20-16-21(17,18)15-9-7-14(8-10-15)13-5-3-2-4-6-13/h7-10,13,16H,2-6,11-12H2,1H3. The van der Waals surface area contributed by atoms with E-state index in [1.165, 1.54) is 44.8 Å². The highest BCUT2D eigenvalue weighted by Gasteiger charge is 2.18. The molecule has 1 aliphatic rings. The van der Waals surface area contributed by atoms with E-state index < -0.39 is 10.0 Å². The molecule has 118 valence electrons. The monoisotopic (exact) mass is 313 g/mol. The minimum atomic E-state index is -3.62. The zero-order valence-electron chi connectivity index (χ0n) is 12.4. The summed E-state index contributed by atoms with van der Waals surface area (Å²) >= 11 is 0. The zero-order chi connectivity index (χ0) is 15.1. The molecule has 5 nitrogen and oxygen atoms in total. The van der Waals surface area contributed by atoms with E-state index in [0.29, 0.717) is 12.5 Å². The molecule has 1 aliphatic carbocycles. The van der Waals surface area contributed by atoms with Crippen LogP contribution in [0.15, 0.2) is 29.2 Å². The molecule has 1 aromatic rings. The Morgan fingerprint density at radius 3 is 2.38 bits per heavy atom. The lowest BCUT2D eigenvalue weighted by molar-refractivity contribution is 0.0438. The van der Waals surface area contributed by atoms with Gasteiger partial charge in [0.1, 0.15) is 0 Å². The molecule has 1 aromatic carbocycles. The first-order valence-corrected chi connectivity index (χ1v) is 8.84. The molecule has 0 heterocycles. The normalized spacial score (nSPS) is 17.0. The first kappa shape index (κ1) is 16.4. The lowest BCUT2D eigenvalue weighted by Crippen LogP contribution is -2.25. The van der Waals surface area contributed by atoms with Gasteiger partial charge in [-0.2, -0.15) is 0 Å². The van der Waals surface area contributed by atoms with Crippen molar-refractivity contribution in [3.63, 3.8) is 0 Å². The van der Waals surface area contributed by atoms with Crippen molar-refractivity contribution in [3.05, 3.63) is 29.8 Å². The topological polar surface area (TPSA) is 64.6 Å². The molecule has 1 saturated carbocycles. The first-order valence-electron chi connectivity index (χ1n) is 7.36. The SMILES string of the molecule is COCCONS(=O)(=O)c1ccc(C2CCCCC2)cc1. The molecular weight excluding hydrogens is 290 g/mol. The van der Waals surface area contributed by atoms with Crippen LogP contribution in [0.25, 0.3) is 0 Å². The van der Waals surface area contributed by atoms with Crippen LogP contribution >= 0.6 is 0 Å². The Morgan fingerprint density at radius 2 is 1.76 bits per heavy atom. The molecule has 0 atom stereocenters. The maximum atomic E-state index is 12.0. The summed E-state index contributed by atoms with van der Waals surface area (Å²) in [5.74, 6) is 0.571. The van der Waals surface area contributed by atoms with Crippen LogP contribution in [0.2, 0.25) is 0 Å². The van der Waals surface area contributed by atoms with Gasteiger partial charge in [0, 0.05) is 7.11 Å². The van der Waals surface area contributed by atoms with Gasteiger partial charge in [-0.1, -0.05) is 36.3 Å². The van der Waals surface area contributed by atoms with E-state index >= 15 is 0 Å². The first-order chi connectivity index (χ1) is 10.1. The summed E-state index contributed by atoms with van der Waals surface area (Å²) in [6.07, 6.45) is 6.24. The van der Waals surface area contributed by atoms with Gasteiger partial charge in [0.25, 0.3) is 10.0 Å². The van der Waals surface area contributed by atoms with Crippen LogP contribution in [-0.4, -0.2) is 28.7 Å². The molecule has 0 aromatic heterocycles. The third kappa shape index (κ3) is 4.78. The summed E-state index contributed by atoms with van der Waals surface area (Å²) < 4.78 is 28.8. The molecule has 0 saturated heterocycles. The number of hydrogen-bond donors (Lipinski definition) is 1. The van der Waals surface area contributed by atoms with E-state index in [9.17, 15) is 8.42 Å². The highest BCUT2D eigenvalue weighted by molar-refractivity contribution is 7.89. The largest absolute Gasteiger partial charge is 0.382 e. The maximum absolute atomic E-state index is 12.0. The fraction of sp³-hybridized carbons (Fsp3) is 0.600. The molecule has 0 bridgehead atoms. The number of hydrogen-bond acceptors (Lipinski definition) is 4. The van der Waals surface area contributed by atoms with Crippen LogP contribution in [0.3, 0.4) is 0 Å². The van der Waals surface area contributed by atoms with Crippen LogP contribution in [-0.2, 0) is 19.6 Å². The number of ether oxygens (including phenoxy) is 1. The third-order valence-corrected chi connectivity index (χ3v) is 5.06. The van der Waals surface area contributed by atoms with Crippen molar-refractivity contribution >= 4 is 10.0 Å². The number of benzene rings is 1.